The maximum absolute atomic E-state index is 12.4. The lowest BCUT2D eigenvalue weighted by Crippen LogP contribution is -2.38. The van der Waals surface area contributed by atoms with Crippen LogP contribution in [0.4, 0.5) is 5.82 Å². The lowest BCUT2D eigenvalue weighted by atomic mass is 9.89. The maximum atomic E-state index is 12.4. The number of carbonyl (C=O) groups is 1. The summed E-state index contributed by atoms with van der Waals surface area (Å²) in [6, 6.07) is 10.4. The fourth-order valence-electron chi connectivity index (χ4n) is 3.16. The number of amides is 1. The van der Waals surface area contributed by atoms with Crippen LogP contribution in [0.25, 0.3) is 0 Å². The second kappa shape index (κ2) is 6.65. The van der Waals surface area contributed by atoms with Crippen LogP contribution < -0.4 is 10.6 Å². The van der Waals surface area contributed by atoms with Crippen LogP contribution >= 0.6 is 0 Å². The Bertz CT molecular complexity index is 709. The Morgan fingerprint density at radius 1 is 1.42 bits per heavy atom. The van der Waals surface area contributed by atoms with E-state index in [4.69, 9.17) is 4.74 Å². The van der Waals surface area contributed by atoms with E-state index in [1.807, 2.05) is 22.9 Å². The van der Waals surface area contributed by atoms with Gasteiger partial charge in [-0.1, -0.05) is 30.3 Å². The largest absolute Gasteiger partial charge is 0.383 e. The van der Waals surface area contributed by atoms with Gasteiger partial charge < -0.3 is 15.4 Å². The topological polar surface area (TPSA) is 68.2 Å². The third-order valence-electron chi connectivity index (χ3n) is 4.40. The van der Waals surface area contributed by atoms with Gasteiger partial charge in [-0.15, -0.1) is 0 Å². The molecule has 1 aliphatic heterocycles. The fraction of sp³-hybridized carbons (Fsp3) is 0.444. The van der Waals surface area contributed by atoms with E-state index in [1.54, 1.807) is 13.3 Å². The van der Waals surface area contributed by atoms with Gasteiger partial charge in [-0.2, -0.15) is 5.10 Å². The van der Waals surface area contributed by atoms with Gasteiger partial charge in [0.15, 0.2) is 0 Å². The molecule has 0 saturated heterocycles. The number of carbonyl (C=O) groups excluding carboxylic acids is 1. The van der Waals surface area contributed by atoms with E-state index in [0.717, 1.165) is 12.2 Å². The van der Waals surface area contributed by atoms with Crippen LogP contribution in [0.15, 0.2) is 36.5 Å². The Labute approximate surface area is 142 Å². The molecule has 6 nitrogen and oxygen atoms in total. The van der Waals surface area contributed by atoms with Crippen molar-refractivity contribution in [2.75, 3.05) is 25.6 Å². The molecule has 1 aromatic heterocycles. The van der Waals surface area contributed by atoms with Gasteiger partial charge >= 0.3 is 0 Å². The second-order valence-corrected chi connectivity index (χ2v) is 6.69. The first-order valence-corrected chi connectivity index (χ1v) is 8.20. The Balaban J connectivity index is 1.88. The fourth-order valence-corrected chi connectivity index (χ4v) is 3.16. The van der Waals surface area contributed by atoms with Crippen LogP contribution in [0.5, 0.6) is 0 Å². The molecule has 128 valence electrons. The highest BCUT2D eigenvalue weighted by atomic mass is 16.5. The highest BCUT2D eigenvalue weighted by Crippen LogP contribution is 2.39. The zero-order chi connectivity index (χ0) is 17.2. The predicted molar refractivity (Wildman–Crippen MR) is 93.2 cm³/mol. The Hall–Kier alpha value is -2.34. The predicted octanol–water partition coefficient (Wildman–Crippen LogP) is 2.55. The molecule has 0 fully saturated rings. The average Bonchev–Trinajstić information content (AvgIpc) is 3.00. The van der Waals surface area contributed by atoms with E-state index < -0.39 is 0 Å². The lowest BCUT2D eigenvalue weighted by Gasteiger charge is -2.38. The minimum Gasteiger partial charge on any atom is -0.383 e. The third-order valence-corrected chi connectivity index (χ3v) is 4.40. The van der Waals surface area contributed by atoms with Crippen molar-refractivity contribution in [3.8, 4) is 0 Å². The lowest BCUT2D eigenvalue weighted by molar-refractivity contribution is 0.0937. The zero-order valence-electron chi connectivity index (χ0n) is 14.4. The molecular weight excluding hydrogens is 304 g/mol. The van der Waals surface area contributed by atoms with Crippen LogP contribution in [0.1, 0.15) is 42.2 Å². The minimum atomic E-state index is -0.174. The first kappa shape index (κ1) is 16.5. The van der Waals surface area contributed by atoms with Crippen LogP contribution in [0, 0.1) is 0 Å². The summed E-state index contributed by atoms with van der Waals surface area (Å²) in [7, 11) is 1.61. The summed E-state index contributed by atoms with van der Waals surface area (Å²) in [6.45, 7) is 5.26. The number of rotatable bonds is 5. The van der Waals surface area contributed by atoms with Gasteiger partial charge in [-0.3, -0.25) is 4.79 Å². The van der Waals surface area contributed by atoms with Crippen molar-refractivity contribution in [3.05, 3.63) is 47.7 Å². The maximum Gasteiger partial charge on any atom is 0.256 e. The van der Waals surface area contributed by atoms with Gasteiger partial charge in [0, 0.05) is 13.7 Å². The van der Waals surface area contributed by atoms with Crippen molar-refractivity contribution in [1.82, 2.24) is 15.1 Å². The molecule has 0 saturated carbocycles. The van der Waals surface area contributed by atoms with Gasteiger partial charge in [-0.25, -0.2) is 4.68 Å². The normalized spacial score (nSPS) is 18.5. The Morgan fingerprint density at radius 3 is 2.88 bits per heavy atom. The van der Waals surface area contributed by atoms with E-state index in [-0.39, 0.29) is 17.5 Å². The number of nitrogens with one attached hydrogen (secondary N) is 2. The molecule has 3 rings (SSSR count). The number of aromatic nitrogens is 2. The monoisotopic (exact) mass is 328 g/mol. The van der Waals surface area contributed by atoms with E-state index in [1.165, 1.54) is 5.56 Å². The number of nitrogens with zero attached hydrogens (tertiary/aromatic N) is 2. The molecule has 0 bridgehead atoms. The molecule has 0 aliphatic carbocycles. The van der Waals surface area contributed by atoms with Crippen molar-refractivity contribution in [2.24, 2.45) is 0 Å². The number of fused-ring (bicyclic) bond motifs is 1. The minimum absolute atomic E-state index is 0.134. The van der Waals surface area contributed by atoms with Gasteiger partial charge in [-0.05, 0) is 25.8 Å². The second-order valence-electron chi connectivity index (χ2n) is 6.69. The third kappa shape index (κ3) is 3.14. The molecule has 6 heteroatoms. The van der Waals surface area contributed by atoms with Crippen LogP contribution in [-0.2, 0) is 10.3 Å². The standard InChI is InChI=1S/C18H24N4O2/c1-18(2)11-15(13-7-5-4-6-8-13)21-16-14(12-20-22(16)18)17(23)19-9-10-24-3/h4-8,12,15,21H,9-11H2,1-3H3,(H,19,23). The van der Waals surface area contributed by atoms with E-state index in [0.29, 0.717) is 18.7 Å². The van der Waals surface area contributed by atoms with E-state index in [2.05, 4.69) is 41.7 Å². The summed E-state index contributed by atoms with van der Waals surface area (Å²) < 4.78 is 6.89. The molecule has 1 atom stereocenters. The van der Waals surface area contributed by atoms with Crippen LogP contribution in [-0.4, -0.2) is 35.9 Å². The molecule has 24 heavy (non-hydrogen) atoms. The van der Waals surface area contributed by atoms with Crippen molar-refractivity contribution in [3.63, 3.8) is 0 Å². The highest BCUT2D eigenvalue weighted by Gasteiger charge is 2.36. The van der Waals surface area contributed by atoms with Crippen molar-refractivity contribution in [2.45, 2.75) is 31.8 Å². The van der Waals surface area contributed by atoms with Gasteiger partial charge in [0.2, 0.25) is 0 Å². The van der Waals surface area contributed by atoms with Crippen molar-refractivity contribution < 1.29 is 9.53 Å². The molecule has 1 aliphatic rings. The molecule has 0 radical (unpaired) electrons. The van der Waals surface area contributed by atoms with Crippen molar-refractivity contribution in [1.29, 1.82) is 0 Å². The summed E-state index contributed by atoms with van der Waals surface area (Å²) in [5.74, 6) is 0.639. The summed E-state index contributed by atoms with van der Waals surface area (Å²) in [5, 5.41) is 10.8. The van der Waals surface area contributed by atoms with Crippen LogP contribution in [0.3, 0.4) is 0 Å². The average molecular weight is 328 g/mol. The van der Waals surface area contributed by atoms with E-state index >= 15 is 0 Å². The van der Waals surface area contributed by atoms with Crippen LogP contribution in [0.2, 0.25) is 0 Å². The Morgan fingerprint density at radius 2 is 2.17 bits per heavy atom. The SMILES string of the molecule is COCCNC(=O)c1cnn2c1NC(c1ccccc1)CC2(C)C. The number of methoxy groups -OCH3 is 1. The zero-order valence-corrected chi connectivity index (χ0v) is 14.4. The molecule has 2 aromatic rings. The molecule has 0 spiro atoms. The van der Waals surface area contributed by atoms with Gasteiger partial charge in [0.05, 0.1) is 24.4 Å². The number of ether oxygens (including phenoxy) is 1. The molecule has 2 N–H and O–H groups in total. The first-order chi connectivity index (χ1) is 11.5. The first-order valence-electron chi connectivity index (χ1n) is 8.20. The van der Waals surface area contributed by atoms with Gasteiger partial charge in [0.25, 0.3) is 5.91 Å². The van der Waals surface area contributed by atoms with E-state index in [9.17, 15) is 4.79 Å². The van der Waals surface area contributed by atoms with Crippen molar-refractivity contribution >= 4 is 11.7 Å². The summed E-state index contributed by atoms with van der Waals surface area (Å²) in [5.41, 5.74) is 1.61. The smallest absolute Gasteiger partial charge is 0.256 e. The Kier molecular flexibility index (Phi) is 4.57. The summed E-state index contributed by atoms with van der Waals surface area (Å²) in [4.78, 5) is 12.4. The summed E-state index contributed by atoms with van der Waals surface area (Å²) >= 11 is 0. The van der Waals surface area contributed by atoms with Gasteiger partial charge in [0.1, 0.15) is 11.4 Å². The molecule has 1 amide bonds. The molecular formula is C18H24N4O2. The number of anilines is 1. The number of benzene rings is 1. The highest BCUT2D eigenvalue weighted by molar-refractivity contribution is 5.98. The number of hydrogen-bond donors (Lipinski definition) is 2. The molecule has 1 unspecified atom stereocenters. The number of hydrogen-bond acceptors (Lipinski definition) is 4. The quantitative estimate of drug-likeness (QED) is 0.828. The molecule has 2 heterocycles. The molecule has 1 aromatic carbocycles. The summed E-state index contributed by atoms with van der Waals surface area (Å²) in [6.07, 6.45) is 2.54.